The molecule has 0 radical (unpaired) electrons. The van der Waals surface area contributed by atoms with E-state index < -0.39 is 0 Å². The van der Waals surface area contributed by atoms with Gasteiger partial charge in [0.1, 0.15) is 0 Å². The first-order valence-corrected chi connectivity index (χ1v) is 24.4. The number of hydrogen-bond acceptors (Lipinski definition) is 4. The molecule has 304 valence electrons. The molecule has 0 spiro atoms. The average molecular weight is 881 g/mol. The van der Waals surface area contributed by atoms with E-state index in [4.69, 9.17) is 0 Å². The normalized spacial score (nSPS) is 12.0. The van der Waals surface area contributed by atoms with Crippen LogP contribution in [-0.4, -0.2) is 4.57 Å². The Morgan fingerprint density at radius 3 is 1.63 bits per heavy atom. The van der Waals surface area contributed by atoms with Crippen molar-refractivity contribution in [2.45, 2.75) is 0 Å². The summed E-state index contributed by atoms with van der Waals surface area (Å²) in [6, 6.07) is 81.2. The second-order valence-electron chi connectivity index (χ2n) is 16.9. The predicted molar refractivity (Wildman–Crippen MR) is 285 cm³/mol. The fourth-order valence-electron chi connectivity index (χ4n) is 10.2. The molecule has 0 N–H and O–H groups in total. The summed E-state index contributed by atoms with van der Waals surface area (Å²) >= 11 is 5.62. The van der Waals surface area contributed by atoms with Gasteiger partial charge in [-0.2, -0.15) is 0 Å². The number of fused-ring (bicyclic) bond motifs is 12. The lowest BCUT2D eigenvalue weighted by Crippen LogP contribution is -2.10. The minimum atomic E-state index is 1.11. The average Bonchev–Trinajstić information content (AvgIpc) is 4.13. The van der Waals surface area contributed by atoms with Crippen molar-refractivity contribution in [1.82, 2.24) is 4.57 Å². The standard InChI is InChI=1S/C60H36N2S3/c1-2-13-41(14-3-1)62-52-20-8-4-15-44(52)45-28-25-38(35-54(45)62)40-31-39(37-26-30-58-51(34-37)48-18-7-10-23-56(48)63-58)32-43(33-40)61(42-27-29-49-46-16-5-9-22-55(46)64-59(49)36-42)53-21-12-19-50-47-17-6-11-24-57(47)65-60(50)53/h1-36H. The van der Waals surface area contributed by atoms with Gasteiger partial charge in [0.15, 0.2) is 0 Å². The monoisotopic (exact) mass is 880 g/mol. The van der Waals surface area contributed by atoms with Crippen LogP contribution >= 0.6 is 34.0 Å². The molecule has 0 unspecified atom stereocenters. The molecule has 0 saturated heterocycles. The molecular weight excluding hydrogens is 845 g/mol. The van der Waals surface area contributed by atoms with Gasteiger partial charge in [0, 0.05) is 83.7 Å². The van der Waals surface area contributed by atoms with Crippen LogP contribution in [0.1, 0.15) is 0 Å². The molecule has 0 bridgehead atoms. The molecule has 4 aromatic heterocycles. The van der Waals surface area contributed by atoms with Gasteiger partial charge in [0.05, 0.1) is 21.4 Å². The zero-order valence-electron chi connectivity index (χ0n) is 34.9. The van der Waals surface area contributed by atoms with Gasteiger partial charge in [-0.1, -0.05) is 127 Å². The molecule has 0 aliphatic rings. The highest BCUT2D eigenvalue weighted by Crippen LogP contribution is 2.48. The van der Waals surface area contributed by atoms with Crippen LogP contribution in [0.5, 0.6) is 0 Å². The number of hydrogen-bond donors (Lipinski definition) is 0. The smallest absolute Gasteiger partial charge is 0.0640 e. The molecule has 0 fully saturated rings. The summed E-state index contributed by atoms with van der Waals surface area (Å²) in [6.45, 7) is 0. The van der Waals surface area contributed by atoms with Crippen molar-refractivity contribution in [1.29, 1.82) is 0 Å². The number of para-hydroxylation sites is 2. The van der Waals surface area contributed by atoms with Gasteiger partial charge in [-0.3, -0.25) is 0 Å². The Hall–Kier alpha value is -7.54. The molecule has 0 atom stereocenters. The number of nitrogens with zero attached hydrogens (tertiary/aromatic N) is 2. The second kappa shape index (κ2) is 14.5. The van der Waals surface area contributed by atoms with Gasteiger partial charge in [0.25, 0.3) is 0 Å². The van der Waals surface area contributed by atoms with Crippen LogP contribution in [0.3, 0.4) is 0 Å². The van der Waals surface area contributed by atoms with Crippen molar-refractivity contribution < 1.29 is 0 Å². The minimum absolute atomic E-state index is 1.11. The Morgan fingerprint density at radius 2 is 0.846 bits per heavy atom. The van der Waals surface area contributed by atoms with Gasteiger partial charge >= 0.3 is 0 Å². The van der Waals surface area contributed by atoms with Crippen LogP contribution in [-0.2, 0) is 0 Å². The summed E-state index contributed by atoms with van der Waals surface area (Å²) in [5.41, 5.74) is 11.7. The van der Waals surface area contributed by atoms with E-state index in [0.717, 1.165) is 22.6 Å². The Bertz CT molecular complexity index is 4200. The summed E-state index contributed by atoms with van der Waals surface area (Å²) in [5, 5.41) is 10.3. The third-order valence-corrected chi connectivity index (χ3v) is 16.6. The largest absolute Gasteiger partial charge is 0.309 e. The predicted octanol–water partition coefficient (Wildman–Crippen LogP) is 18.7. The maximum Gasteiger partial charge on any atom is 0.0640 e. The SMILES string of the molecule is c1ccc(-n2c3ccccc3c3ccc(-c4cc(-c5ccc6sc7ccccc7c6c5)cc(N(c5ccc6c(c5)sc5ccccc56)c5cccc6c5sc5ccccc56)c4)cc32)cc1. The highest BCUT2D eigenvalue weighted by molar-refractivity contribution is 7.27. The van der Waals surface area contributed by atoms with E-state index in [0.29, 0.717) is 0 Å². The Kier molecular flexibility index (Phi) is 8.23. The van der Waals surface area contributed by atoms with Crippen LogP contribution in [0.2, 0.25) is 0 Å². The summed E-state index contributed by atoms with van der Waals surface area (Å²) < 4.78 is 10.2. The van der Waals surface area contributed by atoms with E-state index in [1.807, 2.05) is 34.0 Å². The van der Waals surface area contributed by atoms with Crippen LogP contribution < -0.4 is 4.90 Å². The van der Waals surface area contributed by atoms with Gasteiger partial charge in [0.2, 0.25) is 0 Å². The topological polar surface area (TPSA) is 8.17 Å². The summed E-state index contributed by atoms with van der Waals surface area (Å²) in [7, 11) is 0. The molecule has 65 heavy (non-hydrogen) atoms. The first-order valence-electron chi connectivity index (χ1n) is 22.0. The van der Waals surface area contributed by atoms with E-state index in [2.05, 4.69) is 228 Å². The molecule has 0 aliphatic heterocycles. The molecular formula is C60H36N2S3. The lowest BCUT2D eigenvalue weighted by molar-refractivity contribution is 1.18. The lowest BCUT2D eigenvalue weighted by atomic mass is 9.95. The van der Waals surface area contributed by atoms with Crippen molar-refractivity contribution in [3.8, 4) is 27.9 Å². The Labute approximate surface area is 386 Å². The number of rotatable bonds is 6. The number of aromatic nitrogens is 1. The molecule has 14 aromatic rings. The maximum atomic E-state index is 2.52. The van der Waals surface area contributed by atoms with Crippen LogP contribution in [0.4, 0.5) is 17.1 Å². The second-order valence-corrected chi connectivity index (χ2v) is 20.1. The summed E-state index contributed by atoms with van der Waals surface area (Å²) in [4.78, 5) is 2.52. The van der Waals surface area contributed by atoms with Crippen LogP contribution in [0, 0.1) is 0 Å². The fourth-order valence-corrected chi connectivity index (χ4v) is 13.6. The number of thiophene rings is 3. The first kappa shape index (κ1) is 36.9. The molecule has 0 amide bonds. The van der Waals surface area contributed by atoms with Crippen molar-refractivity contribution >= 4 is 133 Å². The van der Waals surface area contributed by atoms with E-state index in [9.17, 15) is 0 Å². The van der Waals surface area contributed by atoms with Crippen LogP contribution in [0.25, 0.3) is 110 Å². The third kappa shape index (κ3) is 5.83. The van der Waals surface area contributed by atoms with Gasteiger partial charge in [-0.05, 0) is 113 Å². The Morgan fingerprint density at radius 1 is 0.292 bits per heavy atom. The van der Waals surface area contributed by atoms with E-state index in [1.54, 1.807) is 0 Å². The van der Waals surface area contributed by atoms with E-state index in [1.165, 1.54) is 105 Å². The van der Waals surface area contributed by atoms with Crippen molar-refractivity contribution in [3.05, 3.63) is 218 Å². The molecule has 14 rings (SSSR count). The van der Waals surface area contributed by atoms with Crippen molar-refractivity contribution in [2.75, 3.05) is 4.90 Å². The highest BCUT2D eigenvalue weighted by atomic mass is 32.1. The van der Waals surface area contributed by atoms with Gasteiger partial charge < -0.3 is 9.47 Å². The molecule has 2 nitrogen and oxygen atoms in total. The molecule has 0 saturated carbocycles. The quantitative estimate of drug-likeness (QED) is 0.162. The number of benzene rings is 10. The molecule has 0 aliphatic carbocycles. The fraction of sp³-hybridized carbons (Fsp3) is 0. The molecule has 5 heteroatoms. The maximum absolute atomic E-state index is 2.52. The van der Waals surface area contributed by atoms with Gasteiger partial charge in [-0.25, -0.2) is 0 Å². The van der Waals surface area contributed by atoms with Crippen LogP contribution in [0.15, 0.2) is 218 Å². The first-order chi connectivity index (χ1) is 32.2. The highest BCUT2D eigenvalue weighted by Gasteiger charge is 2.22. The van der Waals surface area contributed by atoms with Crippen molar-refractivity contribution in [3.63, 3.8) is 0 Å². The zero-order valence-corrected chi connectivity index (χ0v) is 37.4. The molecule has 10 aromatic carbocycles. The Balaban J connectivity index is 1.06. The number of anilines is 3. The zero-order chi connectivity index (χ0) is 42.6. The molecule has 4 heterocycles. The minimum Gasteiger partial charge on any atom is -0.309 e. The third-order valence-electron chi connectivity index (χ3n) is 13.2. The van der Waals surface area contributed by atoms with Gasteiger partial charge in [-0.15, -0.1) is 34.0 Å². The van der Waals surface area contributed by atoms with Crippen molar-refractivity contribution in [2.24, 2.45) is 0 Å². The summed E-state index contributed by atoms with van der Waals surface area (Å²) in [5.74, 6) is 0. The van der Waals surface area contributed by atoms with E-state index >= 15 is 0 Å². The van der Waals surface area contributed by atoms with E-state index in [-0.39, 0.29) is 0 Å². The lowest BCUT2D eigenvalue weighted by Gasteiger charge is -2.27. The summed E-state index contributed by atoms with van der Waals surface area (Å²) in [6.07, 6.45) is 0.